The number of halogens is 5. The third kappa shape index (κ3) is 7.10. The van der Waals surface area contributed by atoms with Crippen molar-refractivity contribution >= 4 is 27.4 Å². The second-order valence-corrected chi connectivity index (χ2v) is 12.1. The van der Waals surface area contributed by atoms with Crippen molar-refractivity contribution in [3.63, 3.8) is 0 Å². The Kier molecular flexibility index (Phi) is 9.91. The van der Waals surface area contributed by atoms with Crippen LogP contribution >= 0.6 is 11.6 Å². The quantitative estimate of drug-likeness (QED) is 0.164. The highest BCUT2D eigenvalue weighted by Crippen LogP contribution is 2.39. The van der Waals surface area contributed by atoms with Gasteiger partial charge < -0.3 is 14.4 Å². The summed E-state index contributed by atoms with van der Waals surface area (Å²) in [6, 6.07) is 7.04. The van der Waals surface area contributed by atoms with E-state index in [-0.39, 0.29) is 24.4 Å². The molecule has 3 atom stereocenters. The van der Waals surface area contributed by atoms with E-state index in [1.807, 2.05) is 4.90 Å². The SMILES string of the molecule is CCOCN(c1ccncn1)S(=O)(=O)c1cc(F)c(O[C@H]2CC[C@H](c3cccc(C(F)(F)F)c3)C[C@@H]2N(C)C)nc1Cl. The standard InChI is InChI=1S/C27H30ClF4N5O4S/c1-4-40-16-37(24-10-11-33-15-34-24)42(38,39)23-14-20(29)26(35-25(23)28)41-22-9-8-18(13-21(22)36(2)3)17-6-5-7-19(12-17)27(30,31)32/h5-7,10-12,14-15,18,21-22H,4,8-9,13,16H2,1-3H3/t18-,21-,22-/m0/s1. The van der Waals surface area contributed by atoms with E-state index in [0.29, 0.717) is 24.8 Å². The first-order valence-corrected chi connectivity index (χ1v) is 14.9. The third-order valence-electron chi connectivity index (χ3n) is 7.03. The summed E-state index contributed by atoms with van der Waals surface area (Å²) < 4.78 is 94.2. The van der Waals surface area contributed by atoms with E-state index >= 15 is 4.39 Å². The molecule has 1 aromatic carbocycles. The van der Waals surface area contributed by atoms with Crippen LogP contribution in [0.5, 0.6) is 5.88 Å². The van der Waals surface area contributed by atoms with Gasteiger partial charge in [-0.05, 0) is 57.8 Å². The predicted molar refractivity (Wildman–Crippen MR) is 147 cm³/mol. The summed E-state index contributed by atoms with van der Waals surface area (Å²) >= 11 is 6.28. The number of pyridine rings is 1. The van der Waals surface area contributed by atoms with E-state index < -0.39 is 56.3 Å². The molecular weight excluding hydrogens is 602 g/mol. The van der Waals surface area contributed by atoms with Gasteiger partial charge in [-0.2, -0.15) is 18.2 Å². The molecule has 3 aromatic rings. The highest BCUT2D eigenvalue weighted by Gasteiger charge is 2.37. The number of hydrogen-bond donors (Lipinski definition) is 0. The predicted octanol–water partition coefficient (Wildman–Crippen LogP) is 5.52. The van der Waals surface area contributed by atoms with E-state index in [2.05, 4.69) is 15.0 Å². The lowest BCUT2D eigenvalue weighted by Gasteiger charge is -2.39. The van der Waals surface area contributed by atoms with Crippen LogP contribution in [0, 0.1) is 5.82 Å². The number of rotatable bonds is 10. The van der Waals surface area contributed by atoms with Gasteiger partial charge in [0.05, 0.1) is 5.56 Å². The number of ether oxygens (including phenoxy) is 2. The van der Waals surface area contributed by atoms with Crippen LogP contribution in [0.2, 0.25) is 5.15 Å². The fraction of sp³-hybridized carbons (Fsp3) is 0.444. The fourth-order valence-electron chi connectivity index (χ4n) is 4.90. The minimum Gasteiger partial charge on any atom is -0.471 e. The highest BCUT2D eigenvalue weighted by atomic mass is 35.5. The topological polar surface area (TPSA) is 97.8 Å². The van der Waals surface area contributed by atoms with Crippen LogP contribution in [0.4, 0.5) is 23.4 Å². The van der Waals surface area contributed by atoms with Gasteiger partial charge >= 0.3 is 6.18 Å². The average Bonchev–Trinajstić information content (AvgIpc) is 2.95. The zero-order valence-corrected chi connectivity index (χ0v) is 24.6. The Bertz CT molecular complexity index is 1480. The van der Waals surface area contributed by atoms with Gasteiger partial charge in [-0.15, -0.1) is 0 Å². The van der Waals surface area contributed by atoms with Crippen LogP contribution in [0.1, 0.15) is 43.2 Å². The number of anilines is 1. The smallest absolute Gasteiger partial charge is 0.416 e. The molecule has 0 N–H and O–H groups in total. The lowest BCUT2D eigenvalue weighted by Crippen LogP contribution is -2.46. The molecular formula is C27H30ClF4N5O4S. The minimum atomic E-state index is -4.47. The van der Waals surface area contributed by atoms with Gasteiger partial charge in [0.25, 0.3) is 15.9 Å². The summed E-state index contributed by atoms with van der Waals surface area (Å²) in [5, 5.41) is -0.513. The van der Waals surface area contributed by atoms with Crippen molar-refractivity contribution in [3.05, 3.63) is 71.0 Å². The lowest BCUT2D eigenvalue weighted by molar-refractivity contribution is -0.137. The summed E-state index contributed by atoms with van der Waals surface area (Å²) in [6.07, 6.45) is -1.21. The Morgan fingerprint density at radius 1 is 1.14 bits per heavy atom. The number of likely N-dealkylation sites (N-methyl/N-ethyl adjacent to an activating group) is 1. The van der Waals surface area contributed by atoms with Crippen molar-refractivity contribution in [2.45, 2.75) is 55.3 Å². The monoisotopic (exact) mass is 631 g/mol. The molecule has 4 rings (SSSR count). The van der Waals surface area contributed by atoms with Crippen molar-refractivity contribution in [1.82, 2.24) is 19.9 Å². The average molecular weight is 632 g/mol. The van der Waals surface area contributed by atoms with Gasteiger partial charge in [0.2, 0.25) is 0 Å². The maximum Gasteiger partial charge on any atom is 0.416 e. The van der Waals surface area contributed by atoms with E-state index in [0.717, 1.165) is 28.8 Å². The molecule has 1 saturated carbocycles. The summed E-state index contributed by atoms with van der Waals surface area (Å²) in [7, 11) is -0.878. The molecule has 0 unspecified atom stereocenters. The summed E-state index contributed by atoms with van der Waals surface area (Å²) in [5.41, 5.74) is -0.146. The molecule has 1 fully saturated rings. The number of aromatic nitrogens is 3. The molecule has 0 aliphatic heterocycles. The molecule has 42 heavy (non-hydrogen) atoms. The van der Waals surface area contributed by atoms with E-state index in [4.69, 9.17) is 21.1 Å². The number of hydrogen-bond acceptors (Lipinski definition) is 8. The number of sulfonamides is 1. The van der Waals surface area contributed by atoms with E-state index in [1.54, 1.807) is 27.1 Å². The zero-order chi connectivity index (χ0) is 30.7. The van der Waals surface area contributed by atoms with Gasteiger partial charge in [0.1, 0.15) is 29.9 Å². The normalized spacial score (nSPS) is 19.6. The van der Waals surface area contributed by atoms with Gasteiger partial charge in [-0.3, -0.25) is 0 Å². The fourth-order valence-corrected chi connectivity index (χ4v) is 6.63. The van der Waals surface area contributed by atoms with Crippen molar-refractivity contribution in [1.29, 1.82) is 0 Å². The molecule has 2 heterocycles. The van der Waals surface area contributed by atoms with E-state index in [1.165, 1.54) is 18.3 Å². The number of nitrogens with zero attached hydrogens (tertiary/aromatic N) is 5. The Morgan fingerprint density at radius 3 is 2.55 bits per heavy atom. The van der Waals surface area contributed by atoms with Crippen LogP contribution in [-0.4, -0.2) is 67.8 Å². The number of alkyl halides is 3. The highest BCUT2D eigenvalue weighted by molar-refractivity contribution is 7.93. The first-order valence-electron chi connectivity index (χ1n) is 13.1. The molecule has 0 radical (unpaired) electrons. The van der Waals surface area contributed by atoms with Crippen LogP contribution in [-0.2, 0) is 20.9 Å². The van der Waals surface area contributed by atoms with E-state index in [9.17, 15) is 21.6 Å². The molecule has 0 amide bonds. The van der Waals surface area contributed by atoms with Gasteiger partial charge in [0, 0.05) is 31.0 Å². The largest absolute Gasteiger partial charge is 0.471 e. The molecule has 0 bridgehead atoms. The second kappa shape index (κ2) is 13.1. The minimum absolute atomic E-state index is 0.0124. The summed E-state index contributed by atoms with van der Waals surface area (Å²) in [6.45, 7) is 1.47. The first kappa shape index (κ1) is 31.9. The van der Waals surface area contributed by atoms with Crippen molar-refractivity contribution in [2.75, 3.05) is 31.7 Å². The maximum absolute atomic E-state index is 15.4. The van der Waals surface area contributed by atoms with Crippen LogP contribution in [0.3, 0.4) is 0 Å². The van der Waals surface area contributed by atoms with Gasteiger partial charge in [-0.1, -0.05) is 29.8 Å². The molecule has 1 aliphatic rings. The summed E-state index contributed by atoms with van der Waals surface area (Å²) in [5.74, 6) is -1.71. The van der Waals surface area contributed by atoms with Crippen LogP contribution in [0.25, 0.3) is 0 Å². The van der Waals surface area contributed by atoms with Crippen molar-refractivity contribution in [2.24, 2.45) is 0 Å². The second-order valence-electron chi connectivity index (χ2n) is 9.93. The molecule has 228 valence electrons. The Morgan fingerprint density at radius 2 is 1.90 bits per heavy atom. The molecule has 0 spiro atoms. The Hall–Kier alpha value is -3.07. The lowest BCUT2D eigenvalue weighted by atomic mass is 9.79. The van der Waals surface area contributed by atoms with Gasteiger partial charge in [-0.25, -0.2) is 27.1 Å². The molecule has 1 aliphatic carbocycles. The first-order chi connectivity index (χ1) is 19.8. The maximum atomic E-state index is 15.4. The third-order valence-corrected chi connectivity index (χ3v) is 9.17. The van der Waals surface area contributed by atoms with Gasteiger partial charge in [0.15, 0.2) is 11.0 Å². The van der Waals surface area contributed by atoms with Crippen molar-refractivity contribution in [3.8, 4) is 5.88 Å². The summed E-state index contributed by atoms with van der Waals surface area (Å²) in [4.78, 5) is 12.9. The van der Waals surface area contributed by atoms with Crippen LogP contribution < -0.4 is 9.04 Å². The molecule has 15 heteroatoms. The van der Waals surface area contributed by atoms with Crippen LogP contribution in [0.15, 0.2) is 53.8 Å². The molecule has 9 nitrogen and oxygen atoms in total. The Labute approximate surface area is 246 Å². The molecule has 0 saturated heterocycles. The van der Waals surface area contributed by atoms with Crippen molar-refractivity contribution < 1.29 is 35.5 Å². The number of benzene rings is 1. The zero-order valence-electron chi connectivity index (χ0n) is 23.1. The Balaban J connectivity index is 1.57. The molecule has 2 aromatic heterocycles.